The maximum atomic E-state index is 13.8. The van der Waals surface area contributed by atoms with Gasteiger partial charge in [-0.3, -0.25) is 14.5 Å². The van der Waals surface area contributed by atoms with Crippen molar-refractivity contribution in [2.24, 2.45) is 12.8 Å². The van der Waals surface area contributed by atoms with Gasteiger partial charge in [0.05, 0.1) is 34.9 Å². The van der Waals surface area contributed by atoms with Gasteiger partial charge in [0.2, 0.25) is 11.9 Å². The van der Waals surface area contributed by atoms with Crippen molar-refractivity contribution in [3.8, 4) is 22.4 Å². The number of hydrogen-bond acceptors (Lipinski definition) is 6. The van der Waals surface area contributed by atoms with Crippen LogP contribution in [-0.4, -0.2) is 30.6 Å². The van der Waals surface area contributed by atoms with E-state index in [4.69, 9.17) is 5.73 Å². The average Bonchev–Trinajstić information content (AvgIpc) is 3.27. The number of hydrogen-bond donors (Lipinski definition) is 2. The molecule has 3 aromatic heterocycles. The Hall–Kier alpha value is -4.80. The Morgan fingerprint density at radius 2 is 1.86 bits per heavy atom. The Labute approximate surface area is 209 Å². The van der Waals surface area contributed by atoms with Crippen molar-refractivity contribution in [1.29, 1.82) is 0 Å². The van der Waals surface area contributed by atoms with E-state index in [-0.39, 0.29) is 16.7 Å². The smallest absolute Gasteiger partial charge is 0.366 e. The van der Waals surface area contributed by atoms with Crippen LogP contribution in [0.5, 0.6) is 0 Å². The molecule has 0 atom stereocenters. The summed E-state index contributed by atoms with van der Waals surface area (Å²) in [5.74, 6) is -0.573. The zero-order chi connectivity index (χ0) is 26.3. The molecule has 0 unspecified atom stereocenters. The zero-order valence-corrected chi connectivity index (χ0v) is 19.7. The van der Waals surface area contributed by atoms with Gasteiger partial charge in [0.1, 0.15) is 0 Å². The zero-order valence-electron chi connectivity index (χ0n) is 19.7. The molecule has 3 heterocycles. The molecule has 186 valence electrons. The van der Waals surface area contributed by atoms with E-state index < -0.39 is 17.6 Å². The number of carbonyl (C=O) groups excluding carboxylic acids is 1. The van der Waals surface area contributed by atoms with Crippen LogP contribution in [0.15, 0.2) is 67.3 Å². The molecular formula is C26H20F3N7O. The predicted molar refractivity (Wildman–Crippen MR) is 133 cm³/mol. The van der Waals surface area contributed by atoms with Gasteiger partial charge in [0, 0.05) is 41.5 Å². The number of nitrogens with zero attached hydrogens (tertiary/aromatic N) is 5. The van der Waals surface area contributed by atoms with E-state index in [9.17, 15) is 18.0 Å². The largest absolute Gasteiger partial charge is 0.417 e. The van der Waals surface area contributed by atoms with Crippen molar-refractivity contribution in [3.63, 3.8) is 0 Å². The molecule has 5 aromatic rings. The SMILES string of the molecule is Cc1ccc(-c2c(C(N)=O)cccc2C(F)(F)F)cc1-c1cc2cnc(Nc3cnn(C)c3)nc2cn1. The van der Waals surface area contributed by atoms with Crippen molar-refractivity contribution >= 4 is 28.4 Å². The van der Waals surface area contributed by atoms with Gasteiger partial charge in [-0.05, 0) is 42.3 Å². The molecule has 0 fully saturated rings. The molecule has 2 aromatic carbocycles. The first-order valence-electron chi connectivity index (χ1n) is 11.1. The highest BCUT2D eigenvalue weighted by Gasteiger charge is 2.35. The van der Waals surface area contributed by atoms with E-state index in [0.717, 1.165) is 17.3 Å². The van der Waals surface area contributed by atoms with Gasteiger partial charge in [-0.15, -0.1) is 0 Å². The number of halogens is 3. The lowest BCUT2D eigenvalue weighted by molar-refractivity contribution is -0.137. The van der Waals surface area contributed by atoms with E-state index in [2.05, 4.69) is 25.4 Å². The summed E-state index contributed by atoms with van der Waals surface area (Å²) in [6.45, 7) is 1.83. The van der Waals surface area contributed by atoms with Crippen molar-refractivity contribution in [2.45, 2.75) is 13.1 Å². The van der Waals surface area contributed by atoms with Gasteiger partial charge < -0.3 is 11.1 Å². The van der Waals surface area contributed by atoms with Gasteiger partial charge in [0.25, 0.3) is 0 Å². The number of nitrogens with one attached hydrogen (secondary N) is 1. The minimum Gasteiger partial charge on any atom is -0.366 e. The van der Waals surface area contributed by atoms with E-state index in [1.54, 1.807) is 54.7 Å². The van der Waals surface area contributed by atoms with Gasteiger partial charge in [-0.2, -0.15) is 18.3 Å². The molecule has 11 heteroatoms. The molecule has 0 saturated carbocycles. The third-order valence-electron chi connectivity index (χ3n) is 5.86. The lowest BCUT2D eigenvalue weighted by Gasteiger charge is -2.17. The fraction of sp³-hybridized carbons (Fsp3) is 0.115. The van der Waals surface area contributed by atoms with Gasteiger partial charge in [-0.1, -0.05) is 18.2 Å². The summed E-state index contributed by atoms with van der Waals surface area (Å²) in [6, 6.07) is 9.96. The number of carbonyl (C=O) groups is 1. The van der Waals surface area contributed by atoms with Crippen molar-refractivity contribution in [3.05, 3.63) is 83.9 Å². The number of aryl methyl sites for hydroxylation is 2. The summed E-state index contributed by atoms with van der Waals surface area (Å²) < 4.78 is 43.2. The summed E-state index contributed by atoms with van der Waals surface area (Å²) in [5, 5.41) is 7.85. The molecule has 5 rings (SSSR count). The number of benzene rings is 2. The van der Waals surface area contributed by atoms with Crippen LogP contribution >= 0.6 is 0 Å². The van der Waals surface area contributed by atoms with Crippen molar-refractivity contribution < 1.29 is 18.0 Å². The molecule has 1 amide bonds. The maximum absolute atomic E-state index is 13.8. The summed E-state index contributed by atoms with van der Waals surface area (Å²) in [5.41, 5.74) is 7.44. The quantitative estimate of drug-likeness (QED) is 0.338. The Morgan fingerprint density at radius 1 is 1.05 bits per heavy atom. The van der Waals surface area contributed by atoms with Gasteiger partial charge in [0.15, 0.2) is 0 Å². The van der Waals surface area contributed by atoms with E-state index in [1.807, 2.05) is 6.92 Å². The molecule has 3 N–H and O–H groups in total. The Bertz CT molecular complexity index is 1660. The molecular weight excluding hydrogens is 483 g/mol. The van der Waals surface area contributed by atoms with Crippen LogP contribution in [0.3, 0.4) is 0 Å². The van der Waals surface area contributed by atoms with Crippen LogP contribution in [0.1, 0.15) is 21.5 Å². The highest BCUT2D eigenvalue weighted by atomic mass is 19.4. The van der Waals surface area contributed by atoms with Crippen LogP contribution in [0, 0.1) is 6.92 Å². The van der Waals surface area contributed by atoms with Crippen LogP contribution in [-0.2, 0) is 13.2 Å². The molecule has 0 radical (unpaired) electrons. The molecule has 0 bridgehead atoms. The lowest BCUT2D eigenvalue weighted by Crippen LogP contribution is -2.16. The van der Waals surface area contributed by atoms with Gasteiger partial charge >= 0.3 is 6.18 Å². The Morgan fingerprint density at radius 3 is 2.57 bits per heavy atom. The second kappa shape index (κ2) is 9.01. The number of fused-ring (bicyclic) bond motifs is 1. The first-order valence-corrected chi connectivity index (χ1v) is 11.1. The number of aromatic nitrogens is 5. The lowest BCUT2D eigenvalue weighted by atomic mass is 9.90. The summed E-state index contributed by atoms with van der Waals surface area (Å²) in [7, 11) is 1.80. The Balaban J connectivity index is 1.57. The molecule has 0 aliphatic rings. The van der Waals surface area contributed by atoms with E-state index >= 15 is 0 Å². The average molecular weight is 503 g/mol. The van der Waals surface area contributed by atoms with E-state index in [0.29, 0.717) is 28.1 Å². The summed E-state index contributed by atoms with van der Waals surface area (Å²) in [4.78, 5) is 25.3. The van der Waals surface area contributed by atoms with Crippen LogP contribution < -0.4 is 11.1 Å². The number of rotatable bonds is 5. The molecule has 8 nitrogen and oxygen atoms in total. The molecule has 0 aliphatic heterocycles. The number of anilines is 2. The Kier molecular flexibility index (Phi) is 5.82. The van der Waals surface area contributed by atoms with Crippen LogP contribution in [0.4, 0.5) is 24.8 Å². The fourth-order valence-corrected chi connectivity index (χ4v) is 4.11. The second-order valence-corrected chi connectivity index (χ2v) is 8.47. The minimum absolute atomic E-state index is 0.205. The highest BCUT2D eigenvalue weighted by molar-refractivity contribution is 6.01. The monoisotopic (exact) mass is 503 g/mol. The molecule has 0 saturated heterocycles. The predicted octanol–water partition coefficient (Wildman–Crippen LogP) is 5.26. The topological polar surface area (TPSA) is 112 Å². The fourth-order valence-electron chi connectivity index (χ4n) is 4.11. The number of primary amides is 1. The van der Waals surface area contributed by atoms with Crippen molar-refractivity contribution in [1.82, 2.24) is 24.7 Å². The highest BCUT2D eigenvalue weighted by Crippen LogP contribution is 2.40. The molecule has 0 spiro atoms. The second-order valence-electron chi connectivity index (χ2n) is 8.47. The third-order valence-corrected chi connectivity index (χ3v) is 5.86. The number of amides is 1. The number of pyridine rings is 1. The summed E-state index contributed by atoms with van der Waals surface area (Å²) in [6.07, 6.45) is 1.96. The van der Waals surface area contributed by atoms with Crippen LogP contribution in [0.25, 0.3) is 33.3 Å². The molecule has 0 aliphatic carbocycles. The minimum atomic E-state index is -4.67. The van der Waals surface area contributed by atoms with E-state index in [1.165, 1.54) is 18.2 Å². The first-order chi connectivity index (χ1) is 17.6. The molecule has 37 heavy (non-hydrogen) atoms. The standard InChI is InChI=1S/C26H20F3N7O/c1-14-6-7-15(23-18(24(30)37)4-3-5-20(23)26(27,28)29)8-19(14)21-9-16-10-32-25(35-22(16)12-31-21)34-17-11-33-36(2)13-17/h3-13H,1-2H3,(H2,30,37)(H,32,34,35). The maximum Gasteiger partial charge on any atom is 0.417 e. The summed E-state index contributed by atoms with van der Waals surface area (Å²) >= 11 is 0. The van der Waals surface area contributed by atoms with Crippen molar-refractivity contribution in [2.75, 3.05) is 5.32 Å². The first kappa shape index (κ1) is 23.9. The van der Waals surface area contributed by atoms with Crippen LogP contribution in [0.2, 0.25) is 0 Å². The number of nitrogens with two attached hydrogens (primary N) is 1. The van der Waals surface area contributed by atoms with Gasteiger partial charge in [-0.25, -0.2) is 9.97 Å². The third kappa shape index (κ3) is 4.70. The number of alkyl halides is 3. The normalized spacial score (nSPS) is 11.6.